The van der Waals surface area contributed by atoms with Crippen molar-refractivity contribution in [3.8, 4) is 0 Å². The second-order valence-electron chi connectivity index (χ2n) is 4.65. The minimum Gasteiger partial charge on any atom is -0.299 e. The smallest absolute Gasteiger partial charge is 0.142 e. The molecule has 2 rings (SSSR count). The van der Waals surface area contributed by atoms with E-state index in [9.17, 15) is 4.79 Å². The van der Waals surface area contributed by atoms with Crippen LogP contribution in [0.4, 0.5) is 0 Å². The number of hydrogen-bond acceptors (Lipinski definition) is 2. The Morgan fingerprint density at radius 2 is 2.25 bits per heavy atom. The number of ketones is 1. The lowest BCUT2D eigenvalue weighted by Gasteiger charge is -2.01. The summed E-state index contributed by atoms with van der Waals surface area (Å²) in [5.74, 6) is 1.25. The van der Waals surface area contributed by atoms with Gasteiger partial charge in [-0.3, -0.25) is 9.48 Å². The van der Waals surface area contributed by atoms with Crippen molar-refractivity contribution in [1.82, 2.24) is 9.78 Å². The van der Waals surface area contributed by atoms with E-state index in [2.05, 4.69) is 34.9 Å². The fourth-order valence-electron chi connectivity index (χ4n) is 2.08. The van der Waals surface area contributed by atoms with Crippen LogP contribution in [0.5, 0.6) is 0 Å². The molecular formula is C12H17BrN2O. The first kappa shape index (κ1) is 11.8. The molecule has 1 aliphatic carbocycles. The maximum Gasteiger partial charge on any atom is 0.142 e. The number of aryl methyl sites for hydroxylation is 2. The number of carbonyl (C=O) groups is 1. The Labute approximate surface area is 104 Å². The van der Waals surface area contributed by atoms with Crippen molar-refractivity contribution < 1.29 is 4.79 Å². The van der Waals surface area contributed by atoms with Gasteiger partial charge in [-0.2, -0.15) is 5.10 Å². The molecule has 0 N–H and O–H groups in total. The fraction of sp³-hybridized carbons (Fsp3) is 0.667. The highest BCUT2D eigenvalue weighted by atomic mass is 79.9. The van der Waals surface area contributed by atoms with Crippen LogP contribution in [0.15, 0.2) is 4.47 Å². The Morgan fingerprint density at radius 3 is 2.69 bits per heavy atom. The number of halogens is 1. The van der Waals surface area contributed by atoms with Crippen molar-refractivity contribution in [2.75, 3.05) is 0 Å². The van der Waals surface area contributed by atoms with Gasteiger partial charge in [0, 0.05) is 19.4 Å². The molecule has 1 heterocycles. The Bertz CT molecular complexity index is 425. The van der Waals surface area contributed by atoms with Crippen molar-refractivity contribution in [3.05, 3.63) is 15.9 Å². The quantitative estimate of drug-likeness (QED) is 0.852. The van der Waals surface area contributed by atoms with E-state index in [1.807, 2.05) is 11.7 Å². The average molecular weight is 285 g/mol. The van der Waals surface area contributed by atoms with Crippen molar-refractivity contribution in [2.24, 2.45) is 18.9 Å². The summed E-state index contributed by atoms with van der Waals surface area (Å²) in [5.41, 5.74) is 2.05. The normalized spacial score (nSPS) is 23.5. The van der Waals surface area contributed by atoms with E-state index in [4.69, 9.17) is 0 Å². The Hall–Kier alpha value is -0.640. The Kier molecular flexibility index (Phi) is 3.19. The van der Waals surface area contributed by atoms with E-state index in [1.54, 1.807) is 0 Å². The molecule has 3 nitrogen and oxygen atoms in total. The lowest BCUT2D eigenvalue weighted by atomic mass is 10.1. The molecule has 16 heavy (non-hydrogen) atoms. The number of Topliss-reactive ketones (excluding diaryl/α,β-unsaturated/α-hetero) is 1. The summed E-state index contributed by atoms with van der Waals surface area (Å²) in [6.45, 7) is 4.21. The van der Waals surface area contributed by atoms with Gasteiger partial charge in [0.1, 0.15) is 5.78 Å². The van der Waals surface area contributed by atoms with Gasteiger partial charge in [0.15, 0.2) is 0 Å². The van der Waals surface area contributed by atoms with Gasteiger partial charge < -0.3 is 0 Å². The predicted molar refractivity (Wildman–Crippen MR) is 66.3 cm³/mol. The highest BCUT2D eigenvalue weighted by Gasteiger charge is 2.39. The number of nitrogens with zero attached hydrogens (tertiary/aromatic N) is 2. The molecule has 0 aliphatic heterocycles. The molecule has 0 bridgehead atoms. The maximum atomic E-state index is 11.9. The van der Waals surface area contributed by atoms with Crippen LogP contribution in [0, 0.1) is 11.8 Å². The van der Waals surface area contributed by atoms with Gasteiger partial charge in [0.2, 0.25) is 0 Å². The first-order chi connectivity index (χ1) is 7.54. The summed E-state index contributed by atoms with van der Waals surface area (Å²) in [5, 5.41) is 4.40. The van der Waals surface area contributed by atoms with Crippen LogP contribution in [-0.4, -0.2) is 15.6 Å². The zero-order chi connectivity index (χ0) is 11.9. The van der Waals surface area contributed by atoms with Crippen LogP contribution in [0.2, 0.25) is 0 Å². The molecular weight excluding hydrogens is 268 g/mol. The van der Waals surface area contributed by atoms with E-state index >= 15 is 0 Å². The van der Waals surface area contributed by atoms with Gasteiger partial charge in [0.05, 0.1) is 15.9 Å². The number of hydrogen-bond donors (Lipinski definition) is 0. The minimum atomic E-state index is 0.298. The van der Waals surface area contributed by atoms with Crippen LogP contribution >= 0.6 is 15.9 Å². The highest BCUT2D eigenvalue weighted by Crippen LogP contribution is 2.39. The van der Waals surface area contributed by atoms with E-state index in [0.29, 0.717) is 24.0 Å². The van der Waals surface area contributed by atoms with E-state index in [0.717, 1.165) is 28.7 Å². The molecule has 1 aliphatic rings. The second-order valence-corrected chi connectivity index (χ2v) is 5.44. The molecule has 0 radical (unpaired) electrons. The van der Waals surface area contributed by atoms with E-state index in [-0.39, 0.29) is 0 Å². The summed E-state index contributed by atoms with van der Waals surface area (Å²) in [4.78, 5) is 11.9. The molecule has 0 saturated heterocycles. The molecule has 1 fully saturated rings. The van der Waals surface area contributed by atoms with Gasteiger partial charge in [0.25, 0.3) is 0 Å². The third-order valence-corrected chi connectivity index (χ3v) is 4.28. The van der Waals surface area contributed by atoms with Crippen molar-refractivity contribution in [1.29, 1.82) is 0 Å². The monoisotopic (exact) mass is 284 g/mol. The number of rotatable bonds is 4. The summed E-state index contributed by atoms with van der Waals surface area (Å²) in [7, 11) is 1.91. The Morgan fingerprint density at radius 1 is 1.62 bits per heavy atom. The second kappa shape index (κ2) is 4.32. The zero-order valence-electron chi connectivity index (χ0n) is 9.96. The van der Waals surface area contributed by atoms with Crippen LogP contribution in [0.3, 0.4) is 0 Å². The summed E-state index contributed by atoms with van der Waals surface area (Å²) < 4.78 is 2.84. The van der Waals surface area contributed by atoms with Gasteiger partial charge in [-0.15, -0.1) is 0 Å². The fourth-order valence-corrected chi connectivity index (χ4v) is 2.84. The Balaban J connectivity index is 2.14. The molecule has 1 saturated carbocycles. The molecule has 1 aromatic rings. The SMILES string of the molecule is CCc1nn(C)c(CC(=O)C2CC2C)c1Br. The predicted octanol–water partition coefficient (Wildman–Crippen LogP) is 2.51. The summed E-state index contributed by atoms with van der Waals surface area (Å²) in [6, 6.07) is 0. The van der Waals surface area contributed by atoms with Crippen LogP contribution in [0.1, 0.15) is 31.7 Å². The molecule has 0 spiro atoms. The minimum absolute atomic E-state index is 0.298. The van der Waals surface area contributed by atoms with Crippen LogP contribution in [0.25, 0.3) is 0 Å². The third-order valence-electron chi connectivity index (χ3n) is 3.37. The lowest BCUT2D eigenvalue weighted by Crippen LogP contribution is -2.10. The van der Waals surface area contributed by atoms with Crippen LogP contribution < -0.4 is 0 Å². The third kappa shape index (κ3) is 2.08. The van der Waals surface area contributed by atoms with Crippen molar-refractivity contribution in [3.63, 3.8) is 0 Å². The van der Waals surface area contributed by atoms with Crippen molar-refractivity contribution >= 4 is 21.7 Å². The first-order valence-corrected chi connectivity index (χ1v) is 6.56. The number of aromatic nitrogens is 2. The van der Waals surface area contributed by atoms with Gasteiger partial charge in [-0.05, 0) is 34.7 Å². The molecule has 0 aromatic carbocycles. The van der Waals surface area contributed by atoms with Gasteiger partial charge in [-0.25, -0.2) is 0 Å². The van der Waals surface area contributed by atoms with E-state index in [1.165, 1.54) is 0 Å². The highest BCUT2D eigenvalue weighted by molar-refractivity contribution is 9.10. The van der Waals surface area contributed by atoms with Gasteiger partial charge >= 0.3 is 0 Å². The standard InChI is InChI=1S/C12H17BrN2O/c1-4-9-12(13)10(15(3)14-9)6-11(16)8-5-7(8)2/h7-8H,4-6H2,1-3H3. The topological polar surface area (TPSA) is 34.9 Å². The molecule has 1 aromatic heterocycles. The zero-order valence-corrected chi connectivity index (χ0v) is 11.5. The first-order valence-electron chi connectivity index (χ1n) is 5.77. The molecule has 0 amide bonds. The number of carbonyl (C=O) groups excluding carboxylic acids is 1. The molecule has 2 atom stereocenters. The molecule has 4 heteroatoms. The lowest BCUT2D eigenvalue weighted by molar-refractivity contribution is -0.119. The average Bonchev–Trinajstić information content (AvgIpc) is 2.92. The summed E-state index contributed by atoms with van der Waals surface area (Å²) >= 11 is 3.54. The molecule has 2 unspecified atom stereocenters. The summed E-state index contributed by atoms with van der Waals surface area (Å²) in [6.07, 6.45) is 2.47. The van der Waals surface area contributed by atoms with E-state index < -0.39 is 0 Å². The van der Waals surface area contributed by atoms with Gasteiger partial charge in [-0.1, -0.05) is 13.8 Å². The maximum absolute atomic E-state index is 11.9. The van der Waals surface area contributed by atoms with Crippen LogP contribution in [-0.2, 0) is 24.7 Å². The van der Waals surface area contributed by atoms with Crippen molar-refractivity contribution in [2.45, 2.75) is 33.1 Å². The molecule has 88 valence electrons. The largest absolute Gasteiger partial charge is 0.299 e.